The molecule has 3 rings (SSSR count). The minimum absolute atomic E-state index is 0.0517. The van der Waals surface area contributed by atoms with Crippen molar-refractivity contribution in [3.8, 4) is 11.5 Å². The number of aliphatic hydroxyl groups is 1. The van der Waals surface area contributed by atoms with Gasteiger partial charge in [-0.1, -0.05) is 24.3 Å². The number of aliphatic hydroxyl groups excluding tert-OH is 1. The van der Waals surface area contributed by atoms with E-state index in [1.807, 2.05) is 0 Å². The van der Waals surface area contributed by atoms with Crippen LogP contribution in [0.3, 0.4) is 0 Å². The fraction of sp³-hybridized carbons (Fsp3) is 0.304. The van der Waals surface area contributed by atoms with Crippen molar-refractivity contribution in [2.75, 3.05) is 34.5 Å². The van der Waals surface area contributed by atoms with Crippen LogP contribution in [0.5, 0.6) is 11.5 Å². The highest BCUT2D eigenvalue weighted by Gasteiger charge is 2.45. The predicted octanol–water partition coefficient (Wildman–Crippen LogP) is 3.16. The second-order valence-electron chi connectivity index (χ2n) is 6.84. The van der Waals surface area contributed by atoms with Crippen molar-refractivity contribution in [1.29, 1.82) is 0 Å². The van der Waals surface area contributed by atoms with Gasteiger partial charge in [-0.2, -0.15) is 0 Å². The first-order chi connectivity index (χ1) is 14.5. The highest BCUT2D eigenvalue weighted by Crippen LogP contribution is 2.40. The molecule has 30 heavy (non-hydrogen) atoms. The molecule has 1 aliphatic rings. The lowest BCUT2D eigenvalue weighted by Crippen LogP contribution is -2.31. The quantitative estimate of drug-likeness (QED) is 0.311. The average Bonchev–Trinajstić information content (AvgIpc) is 3.03. The fourth-order valence-corrected chi connectivity index (χ4v) is 3.55. The molecule has 2 aromatic rings. The van der Waals surface area contributed by atoms with Gasteiger partial charge in [0.25, 0.3) is 11.7 Å². The van der Waals surface area contributed by atoms with Gasteiger partial charge in [0.15, 0.2) is 0 Å². The molecule has 0 aromatic heterocycles. The first-order valence-electron chi connectivity index (χ1n) is 9.57. The Morgan fingerprint density at radius 3 is 2.33 bits per heavy atom. The van der Waals surface area contributed by atoms with Crippen LogP contribution in [0, 0.1) is 0 Å². The molecule has 1 fully saturated rings. The zero-order chi connectivity index (χ0) is 21.7. The van der Waals surface area contributed by atoms with Crippen molar-refractivity contribution in [3.05, 3.63) is 65.2 Å². The molecule has 1 saturated heterocycles. The number of carbonyl (C=O) groups is 2. The van der Waals surface area contributed by atoms with E-state index in [9.17, 15) is 14.7 Å². The van der Waals surface area contributed by atoms with Crippen molar-refractivity contribution in [3.63, 3.8) is 0 Å². The number of hydrogen-bond donors (Lipinski definition) is 1. The first-order valence-corrected chi connectivity index (χ1v) is 9.57. The smallest absolute Gasteiger partial charge is 0.295 e. The second-order valence-corrected chi connectivity index (χ2v) is 6.84. The number of rotatable bonds is 8. The molecule has 1 atom stereocenters. The first kappa shape index (κ1) is 21.4. The molecule has 0 bridgehead atoms. The van der Waals surface area contributed by atoms with Gasteiger partial charge in [0.2, 0.25) is 0 Å². The molecule has 1 aliphatic heterocycles. The number of likely N-dealkylation sites (tertiary alicyclic amines) is 1. The van der Waals surface area contributed by atoms with E-state index in [4.69, 9.17) is 14.2 Å². The van der Waals surface area contributed by atoms with Gasteiger partial charge in [-0.25, -0.2) is 0 Å². The Morgan fingerprint density at radius 2 is 1.70 bits per heavy atom. The van der Waals surface area contributed by atoms with E-state index >= 15 is 0 Å². The highest BCUT2D eigenvalue weighted by atomic mass is 16.5. The van der Waals surface area contributed by atoms with Gasteiger partial charge in [-0.05, 0) is 36.2 Å². The van der Waals surface area contributed by atoms with Crippen molar-refractivity contribution >= 4 is 17.4 Å². The van der Waals surface area contributed by atoms with E-state index in [1.54, 1.807) is 62.8 Å². The minimum atomic E-state index is -0.714. The molecule has 7 nitrogen and oxygen atoms in total. The minimum Gasteiger partial charge on any atom is -0.507 e. The van der Waals surface area contributed by atoms with E-state index in [0.717, 1.165) is 0 Å². The summed E-state index contributed by atoms with van der Waals surface area (Å²) in [7, 11) is 4.66. The lowest BCUT2D eigenvalue weighted by atomic mass is 9.95. The van der Waals surface area contributed by atoms with Crippen molar-refractivity contribution in [2.45, 2.75) is 12.5 Å². The molecule has 0 spiro atoms. The summed E-state index contributed by atoms with van der Waals surface area (Å²) in [4.78, 5) is 27.2. The monoisotopic (exact) mass is 411 g/mol. The average molecular weight is 411 g/mol. The summed E-state index contributed by atoms with van der Waals surface area (Å²) in [5, 5.41) is 11.0. The summed E-state index contributed by atoms with van der Waals surface area (Å²) in [6.45, 7) is 0.776. The Labute approximate surface area is 175 Å². The van der Waals surface area contributed by atoms with Crippen LogP contribution in [-0.4, -0.2) is 56.2 Å². The van der Waals surface area contributed by atoms with Crippen LogP contribution in [0.1, 0.15) is 23.6 Å². The Hall–Kier alpha value is -3.32. The Morgan fingerprint density at radius 1 is 1.00 bits per heavy atom. The van der Waals surface area contributed by atoms with Gasteiger partial charge >= 0.3 is 0 Å². The third-order valence-corrected chi connectivity index (χ3v) is 5.06. The number of ketones is 1. The van der Waals surface area contributed by atoms with Crippen molar-refractivity contribution < 1.29 is 28.9 Å². The largest absolute Gasteiger partial charge is 0.507 e. The molecule has 0 aliphatic carbocycles. The lowest BCUT2D eigenvalue weighted by Gasteiger charge is -2.25. The summed E-state index contributed by atoms with van der Waals surface area (Å²) >= 11 is 0. The number of benzene rings is 2. The van der Waals surface area contributed by atoms with Crippen LogP contribution < -0.4 is 9.47 Å². The third-order valence-electron chi connectivity index (χ3n) is 5.06. The summed E-state index contributed by atoms with van der Waals surface area (Å²) < 4.78 is 15.5. The molecule has 0 saturated carbocycles. The summed E-state index contributed by atoms with van der Waals surface area (Å²) in [5.74, 6) is -0.399. The molecular weight excluding hydrogens is 386 g/mol. The molecule has 7 heteroatoms. The second kappa shape index (κ2) is 9.45. The maximum Gasteiger partial charge on any atom is 0.295 e. The van der Waals surface area contributed by atoms with E-state index in [0.29, 0.717) is 42.2 Å². The molecule has 0 radical (unpaired) electrons. The Kier molecular flexibility index (Phi) is 6.74. The molecule has 158 valence electrons. The van der Waals surface area contributed by atoms with Crippen LogP contribution >= 0.6 is 0 Å². The van der Waals surface area contributed by atoms with Crippen LogP contribution in [-0.2, 0) is 14.3 Å². The molecule has 1 heterocycles. The molecular formula is C23H25NO6. The third kappa shape index (κ3) is 4.16. The predicted molar refractivity (Wildman–Crippen MR) is 111 cm³/mol. The van der Waals surface area contributed by atoms with Crippen molar-refractivity contribution in [1.82, 2.24) is 4.90 Å². The van der Waals surface area contributed by atoms with E-state index in [1.165, 1.54) is 12.0 Å². The summed E-state index contributed by atoms with van der Waals surface area (Å²) in [6, 6.07) is 13.1. The van der Waals surface area contributed by atoms with Crippen LogP contribution in [0.2, 0.25) is 0 Å². The number of carbonyl (C=O) groups excluding carboxylic acids is 2. The van der Waals surface area contributed by atoms with Gasteiger partial charge in [-0.15, -0.1) is 0 Å². The van der Waals surface area contributed by atoms with Crippen LogP contribution in [0.4, 0.5) is 0 Å². The summed E-state index contributed by atoms with van der Waals surface area (Å²) in [5.41, 5.74) is 1.16. The van der Waals surface area contributed by atoms with Gasteiger partial charge in [-0.3, -0.25) is 9.59 Å². The Balaban J connectivity index is 2.11. The topological polar surface area (TPSA) is 85.3 Å². The number of Topliss-reactive ketones (excluding diaryl/α,β-unsaturated/α-hetero) is 1. The van der Waals surface area contributed by atoms with Gasteiger partial charge in [0.05, 0.1) is 25.8 Å². The number of amides is 1. The van der Waals surface area contributed by atoms with Crippen LogP contribution in [0.25, 0.3) is 5.76 Å². The van der Waals surface area contributed by atoms with Crippen molar-refractivity contribution in [2.24, 2.45) is 0 Å². The van der Waals surface area contributed by atoms with Gasteiger partial charge in [0, 0.05) is 25.8 Å². The number of ether oxygens (including phenoxy) is 3. The molecule has 1 N–H and O–H groups in total. The van der Waals surface area contributed by atoms with E-state index in [2.05, 4.69) is 0 Å². The Bertz CT molecular complexity index is 950. The normalized spacial score (nSPS) is 18.0. The van der Waals surface area contributed by atoms with Gasteiger partial charge < -0.3 is 24.2 Å². The zero-order valence-corrected chi connectivity index (χ0v) is 17.3. The van der Waals surface area contributed by atoms with Crippen LogP contribution in [0.15, 0.2) is 54.1 Å². The standard InChI is InChI=1S/C23H25NO6/c1-28-13-5-12-24-20(15-8-10-17(29-2)11-9-15)19(22(26)23(24)27)21(25)16-6-4-7-18(14-16)30-3/h4,6-11,14,20,25H,5,12-13H2,1-3H3. The molecule has 1 unspecified atom stereocenters. The number of hydrogen-bond acceptors (Lipinski definition) is 6. The SMILES string of the molecule is COCCCN1C(=O)C(=O)C(=C(O)c2cccc(OC)c2)C1c1ccc(OC)cc1. The molecule has 1 amide bonds. The van der Waals surface area contributed by atoms with E-state index in [-0.39, 0.29) is 11.3 Å². The zero-order valence-electron chi connectivity index (χ0n) is 17.3. The van der Waals surface area contributed by atoms with Gasteiger partial charge in [0.1, 0.15) is 17.3 Å². The number of methoxy groups -OCH3 is 3. The molecule has 2 aromatic carbocycles. The lowest BCUT2D eigenvalue weighted by molar-refractivity contribution is -0.140. The maximum atomic E-state index is 12.9. The highest BCUT2D eigenvalue weighted by molar-refractivity contribution is 6.46. The van der Waals surface area contributed by atoms with E-state index < -0.39 is 17.7 Å². The number of nitrogens with zero attached hydrogens (tertiary/aromatic N) is 1. The maximum absolute atomic E-state index is 12.9. The summed E-state index contributed by atoms with van der Waals surface area (Å²) in [6.07, 6.45) is 0.565. The fourth-order valence-electron chi connectivity index (χ4n) is 3.55.